The van der Waals surface area contributed by atoms with E-state index >= 15 is 0 Å². The van der Waals surface area contributed by atoms with Gasteiger partial charge in [-0.15, -0.1) is 0 Å². The van der Waals surface area contributed by atoms with Crippen molar-refractivity contribution in [1.29, 1.82) is 0 Å². The van der Waals surface area contributed by atoms with E-state index in [1.165, 1.54) is 5.56 Å². The van der Waals surface area contributed by atoms with Crippen LogP contribution in [0.3, 0.4) is 0 Å². The van der Waals surface area contributed by atoms with E-state index in [2.05, 4.69) is 90.9 Å². The minimum atomic E-state index is -0.0272. The first-order valence-electron chi connectivity index (χ1n) is 17.1. The molecule has 246 valence electrons. The summed E-state index contributed by atoms with van der Waals surface area (Å²) in [6, 6.07) is 42.9. The first kappa shape index (κ1) is 29.3. The van der Waals surface area contributed by atoms with Crippen LogP contribution >= 0.6 is 0 Å². The van der Waals surface area contributed by atoms with E-state index in [4.69, 9.17) is 24.2 Å². The summed E-state index contributed by atoms with van der Waals surface area (Å²) in [6.45, 7) is 6.66. The summed E-state index contributed by atoms with van der Waals surface area (Å²) in [6.07, 6.45) is 3.69. The summed E-state index contributed by atoms with van der Waals surface area (Å²) < 4.78 is 22.6. The van der Waals surface area contributed by atoms with Gasteiger partial charge in [-0.25, -0.2) is 4.98 Å². The molecule has 51 heavy (non-hydrogen) atoms. The topological polar surface area (TPSA) is 61.6 Å². The Kier molecular flexibility index (Phi) is 6.30. The third kappa shape index (κ3) is 4.58. The van der Waals surface area contributed by atoms with E-state index in [1.54, 1.807) is 6.20 Å². The highest BCUT2D eigenvalue weighted by molar-refractivity contribution is 6.09. The zero-order chi connectivity index (χ0) is 34.3. The van der Waals surface area contributed by atoms with Crippen LogP contribution in [0.2, 0.25) is 0 Å². The van der Waals surface area contributed by atoms with E-state index < -0.39 is 0 Å². The van der Waals surface area contributed by atoms with E-state index in [-0.39, 0.29) is 5.41 Å². The number of benzene rings is 5. The van der Waals surface area contributed by atoms with Crippen LogP contribution in [0.15, 0.2) is 140 Å². The number of anilines is 3. The summed E-state index contributed by atoms with van der Waals surface area (Å²) in [5, 5.41) is 2.26. The van der Waals surface area contributed by atoms with E-state index in [0.29, 0.717) is 23.0 Å². The summed E-state index contributed by atoms with van der Waals surface area (Å²) in [5.41, 5.74) is 7.43. The molecule has 0 unspecified atom stereocenters. The lowest BCUT2D eigenvalue weighted by Crippen LogP contribution is -2.21. The molecule has 2 aliphatic rings. The highest BCUT2D eigenvalue weighted by Gasteiger charge is 2.39. The molecule has 5 aromatic carbocycles. The second kappa shape index (κ2) is 11.0. The Balaban J connectivity index is 1.19. The minimum Gasteiger partial charge on any atom is -0.453 e. The van der Waals surface area contributed by atoms with Gasteiger partial charge in [-0.1, -0.05) is 69.3 Å². The predicted octanol–water partition coefficient (Wildman–Crippen LogP) is 12.0. The Labute approximate surface area is 294 Å². The lowest BCUT2D eigenvalue weighted by Gasteiger charge is -2.39. The van der Waals surface area contributed by atoms with Gasteiger partial charge >= 0.3 is 0 Å². The predicted molar refractivity (Wildman–Crippen MR) is 202 cm³/mol. The molecule has 10 rings (SSSR count). The molecule has 0 atom stereocenters. The molecule has 0 spiro atoms. The van der Waals surface area contributed by atoms with Gasteiger partial charge in [0.05, 0.1) is 28.1 Å². The van der Waals surface area contributed by atoms with E-state index in [1.807, 2.05) is 72.9 Å². The lowest BCUT2D eigenvalue weighted by molar-refractivity contribution is 0.406. The maximum atomic E-state index is 6.92. The fourth-order valence-electron chi connectivity index (χ4n) is 7.24. The van der Waals surface area contributed by atoms with Crippen LogP contribution in [0, 0.1) is 0 Å². The molecule has 0 N–H and O–H groups in total. The molecule has 0 saturated heterocycles. The number of ether oxygens (including phenoxy) is 3. The van der Waals surface area contributed by atoms with Crippen LogP contribution < -0.4 is 19.1 Å². The second-order valence-corrected chi connectivity index (χ2v) is 13.9. The zero-order valence-electron chi connectivity index (χ0n) is 28.3. The van der Waals surface area contributed by atoms with Crippen molar-refractivity contribution in [3.05, 3.63) is 145 Å². The van der Waals surface area contributed by atoms with Crippen molar-refractivity contribution in [1.82, 2.24) is 14.5 Å². The van der Waals surface area contributed by atoms with Crippen molar-refractivity contribution in [2.45, 2.75) is 26.2 Å². The molecule has 8 aromatic rings. The quantitative estimate of drug-likeness (QED) is 0.187. The maximum Gasteiger partial charge on any atom is 0.197 e. The van der Waals surface area contributed by atoms with Gasteiger partial charge in [0.1, 0.15) is 17.3 Å². The normalized spacial score (nSPS) is 12.9. The van der Waals surface area contributed by atoms with Crippen molar-refractivity contribution in [2.24, 2.45) is 0 Å². The third-order valence-electron chi connectivity index (χ3n) is 9.69. The highest BCUT2D eigenvalue weighted by atomic mass is 16.5. The van der Waals surface area contributed by atoms with Gasteiger partial charge in [0.25, 0.3) is 0 Å². The number of pyridine rings is 2. The van der Waals surface area contributed by atoms with Crippen LogP contribution in [0.25, 0.3) is 38.9 Å². The van der Waals surface area contributed by atoms with Gasteiger partial charge in [-0.05, 0) is 83.8 Å². The smallest absolute Gasteiger partial charge is 0.197 e. The summed E-state index contributed by atoms with van der Waals surface area (Å²) in [7, 11) is 0. The molecular weight excluding hydrogens is 633 g/mol. The van der Waals surface area contributed by atoms with Gasteiger partial charge in [0.15, 0.2) is 28.7 Å². The van der Waals surface area contributed by atoms with Crippen LogP contribution in [0.1, 0.15) is 26.3 Å². The molecular formula is C44H32N4O3. The van der Waals surface area contributed by atoms with Crippen LogP contribution in [-0.4, -0.2) is 14.5 Å². The Morgan fingerprint density at radius 1 is 0.608 bits per heavy atom. The molecule has 7 heteroatoms. The van der Waals surface area contributed by atoms with Crippen LogP contribution in [0.4, 0.5) is 17.1 Å². The summed E-state index contributed by atoms with van der Waals surface area (Å²) >= 11 is 0. The van der Waals surface area contributed by atoms with Gasteiger partial charge in [-0.2, -0.15) is 0 Å². The van der Waals surface area contributed by atoms with E-state index in [9.17, 15) is 0 Å². The number of fused-ring (bicyclic) bond motifs is 7. The Hall–Kier alpha value is -6.60. The second-order valence-electron chi connectivity index (χ2n) is 13.9. The standard InChI is InChI=1S/C44H32N4O3/c1-44(2,3)27-21-23-46-40(24-27)47-33-14-5-4-12-29(33)30-20-19-28(25-36(30)47)49-39-26-31(32-13-10-11-22-45-32)42-41-43(39)51-38-18-9-7-16-35(38)48(41)34-15-6-8-17-37(34)50-42/h4-26H,1-3H3. The summed E-state index contributed by atoms with van der Waals surface area (Å²) in [5.74, 6) is 4.77. The Morgan fingerprint density at radius 2 is 1.31 bits per heavy atom. The minimum absolute atomic E-state index is 0.0272. The molecule has 0 aliphatic carbocycles. The first-order chi connectivity index (χ1) is 24.9. The van der Waals surface area contributed by atoms with Crippen molar-refractivity contribution in [2.75, 3.05) is 4.90 Å². The van der Waals surface area contributed by atoms with Crippen LogP contribution in [-0.2, 0) is 5.41 Å². The number of para-hydroxylation sites is 5. The maximum absolute atomic E-state index is 6.92. The summed E-state index contributed by atoms with van der Waals surface area (Å²) in [4.78, 5) is 11.8. The molecule has 5 heterocycles. The van der Waals surface area contributed by atoms with E-state index in [0.717, 1.165) is 67.4 Å². The number of rotatable bonds is 4. The third-order valence-corrected chi connectivity index (χ3v) is 9.69. The number of aromatic nitrogens is 3. The number of hydrogen-bond donors (Lipinski definition) is 0. The number of hydrogen-bond acceptors (Lipinski definition) is 6. The molecule has 0 radical (unpaired) electrons. The van der Waals surface area contributed by atoms with Gasteiger partial charge < -0.3 is 14.2 Å². The molecule has 0 saturated carbocycles. The number of nitrogens with zero attached hydrogens (tertiary/aromatic N) is 4. The van der Waals surface area contributed by atoms with Crippen molar-refractivity contribution in [3.63, 3.8) is 0 Å². The fraction of sp³-hybridized carbons (Fsp3) is 0.0909. The SMILES string of the molecule is CC(C)(C)c1ccnc(-n2c3ccccc3c3ccc(Oc4cc(-c5ccccn5)c5c6c4Oc4ccccc4N6c4ccccc4O5)cc32)c1. The monoisotopic (exact) mass is 664 g/mol. The molecule has 3 aromatic heterocycles. The van der Waals surface area contributed by atoms with Crippen molar-refractivity contribution < 1.29 is 14.2 Å². The fourth-order valence-corrected chi connectivity index (χ4v) is 7.24. The average Bonchev–Trinajstić information content (AvgIpc) is 3.49. The Morgan fingerprint density at radius 3 is 2.08 bits per heavy atom. The average molecular weight is 665 g/mol. The molecule has 0 bridgehead atoms. The largest absolute Gasteiger partial charge is 0.453 e. The molecule has 2 aliphatic heterocycles. The van der Waals surface area contributed by atoms with Crippen molar-refractivity contribution >= 4 is 38.9 Å². The molecule has 0 amide bonds. The van der Waals surface area contributed by atoms with Gasteiger partial charge in [0.2, 0.25) is 0 Å². The molecule has 7 nitrogen and oxygen atoms in total. The molecule has 0 fully saturated rings. The first-order valence-corrected chi connectivity index (χ1v) is 17.1. The van der Waals surface area contributed by atoms with Crippen LogP contribution in [0.5, 0.6) is 34.5 Å². The van der Waals surface area contributed by atoms with Gasteiger partial charge in [0, 0.05) is 34.8 Å². The van der Waals surface area contributed by atoms with Gasteiger partial charge in [-0.3, -0.25) is 14.5 Å². The van der Waals surface area contributed by atoms with Crippen molar-refractivity contribution in [3.8, 4) is 51.6 Å². The Bertz CT molecular complexity index is 2660. The lowest BCUT2D eigenvalue weighted by atomic mass is 9.88. The highest BCUT2D eigenvalue weighted by Crippen LogP contribution is 2.64. The zero-order valence-corrected chi connectivity index (χ0v) is 28.3.